The van der Waals surface area contributed by atoms with Gasteiger partial charge < -0.3 is 10.2 Å². The molecule has 1 saturated carbocycles. The molecule has 1 aromatic carbocycles. The molecule has 0 aromatic heterocycles. The van der Waals surface area contributed by atoms with E-state index in [0.29, 0.717) is 5.92 Å². The first-order chi connectivity index (χ1) is 9.61. The first kappa shape index (κ1) is 15.7. The van der Waals surface area contributed by atoms with E-state index in [4.69, 9.17) is 11.6 Å². The normalized spacial score (nSPS) is 14.8. The Morgan fingerprint density at radius 3 is 2.70 bits per heavy atom. The summed E-state index contributed by atoms with van der Waals surface area (Å²) in [6.45, 7) is 9.81. The average Bonchev–Trinajstić information content (AvgIpc) is 3.21. The fourth-order valence-electron chi connectivity index (χ4n) is 2.60. The van der Waals surface area contributed by atoms with Crippen LogP contribution in [-0.4, -0.2) is 19.1 Å². The van der Waals surface area contributed by atoms with Gasteiger partial charge in [0, 0.05) is 29.8 Å². The molecule has 1 N–H and O–H groups in total. The van der Waals surface area contributed by atoms with Crippen molar-refractivity contribution < 1.29 is 0 Å². The molecule has 0 atom stereocenters. The van der Waals surface area contributed by atoms with Crippen LogP contribution in [-0.2, 0) is 6.54 Å². The Hall–Kier alpha value is -0.730. The molecule has 0 aliphatic heterocycles. The monoisotopic (exact) mass is 294 g/mol. The van der Waals surface area contributed by atoms with Gasteiger partial charge in [-0.1, -0.05) is 32.4 Å². The highest BCUT2D eigenvalue weighted by Crippen LogP contribution is 2.34. The van der Waals surface area contributed by atoms with Gasteiger partial charge in [0.1, 0.15) is 0 Å². The summed E-state index contributed by atoms with van der Waals surface area (Å²) in [6, 6.07) is 7.09. The van der Waals surface area contributed by atoms with Gasteiger partial charge in [-0.25, -0.2) is 0 Å². The summed E-state index contributed by atoms with van der Waals surface area (Å²) in [5.41, 5.74) is 2.70. The first-order valence-electron chi connectivity index (χ1n) is 7.87. The largest absolute Gasteiger partial charge is 0.368 e. The van der Waals surface area contributed by atoms with Gasteiger partial charge in [-0.05, 0) is 55.5 Å². The van der Waals surface area contributed by atoms with Gasteiger partial charge in [0.25, 0.3) is 0 Å². The quantitative estimate of drug-likeness (QED) is 0.761. The zero-order valence-electron chi connectivity index (χ0n) is 13.0. The molecular formula is C17H27ClN2. The van der Waals surface area contributed by atoms with Crippen LogP contribution >= 0.6 is 11.6 Å². The van der Waals surface area contributed by atoms with E-state index >= 15 is 0 Å². The van der Waals surface area contributed by atoms with Crippen LogP contribution in [0.5, 0.6) is 0 Å². The molecule has 0 spiro atoms. The fraction of sp³-hybridized carbons (Fsp3) is 0.647. The second-order valence-corrected chi connectivity index (χ2v) is 6.66. The molecule has 3 heteroatoms. The van der Waals surface area contributed by atoms with Crippen molar-refractivity contribution in [3.8, 4) is 0 Å². The van der Waals surface area contributed by atoms with Crippen LogP contribution in [0.15, 0.2) is 18.2 Å². The number of nitrogens with zero attached hydrogens (tertiary/aromatic N) is 1. The number of hydrogen-bond donors (Lipinski definition) is 1. The van der Waals surface area contributed by atoms with E-state index < -0.39 is 0 Å². The van der Waals surface area contributed by atoms with Gasteiger partial charge in [-0.3, -0.25) is 0 Å². The Bertz CT molecular complexity index is 427. The molecule has 0 unspecified atom stereocenters. The molecule has 0 saturated heterocycles. The van der Waals surface area contributed by atoms with Crippen LogP contribution in [0.3, 0.4) is 0 Å². The van der Waals surface area contributed by atoms with E-state index in [1.165, 1.54) is 30.5 Å². The van der Waals surface area contributed by atoms with Crippen molar-refractivity contribution in [2.75, 3.05) is 18.0 Å². The van der Waals surface area contributed by atoms with Crippen molar-refractivity contribution in [3.63, 3.8) is 0 Å². The maximum absolute atomic E-state index is 6.19. The molecule has 0 bridgehead atoms. The molecule has 20 heavy (non-hydrogen) atoms. The Morgan fingerprint density at radius 2 is 2.10 bits per heavy atom. The summed E-state index contributed by atoms with van der Waals surface area (Å²) in [5, 5.41) is 4.38. The van der Waals surface area contributed by atoms with E-state index in [1.54, 1.807) is 0 Å². The number of nitrogens with one attached hydrogen (secondary N) is 1. The van der Waals surface area contributed by atoms with Gasteiger partial charge in [0.05, 0.1) is 0 Å². The zero-order chi connectivity index (χ0) is 14.5. The molecule has 1 aromatic rings. The van der Waals surface area contributed by atoms with Gasteiger partial charge in [-0.2, -0.15) is 0 Å². The van der Waals surface area contributed by atoms with Crippen molar-refractivity contribution in [2.24, 2.45) is 5.92 Å². The average molecular weight is 295 g/mol. The van der Waals surface area contributed by atoms with Crippen LogP contribution in [0.2, 0.25) is 5.02 Å². The van der Waals surface area contributed by atoms with Crippen molar-refractivity contribution in [1.82, 2.24) is 5.32 Å². The minimum atomic E-state index is 0.674. The van der Waals surface area contributed by atoms with E-state index in [-0.39, 0.29) is 0 Å². The maximum atomic E-state index is 6.19. The Labute approximate surface area is 128 Å². The number of benzene rings is 1. The van der Waals surface area contributed by atoms with Crippen LogP contribution in [0.1, 0.15) is 45.6 Å². The van der Waals surface area contributed by atoms with E-state index in [0.717, 1.165) is 30.7 Å². The summed E-state index contributed by atoms with van der Waals surface area (Å²) in [7, 11) is 0. The second kappa shape index (κ2) is 7.33. The summed E-state index contributed by atoms with van der Waals surface area (Å²) in [6.07, 6.45) is 3.86. The second-order valence-electron chi connectivity index (χ2n) is 6.22. The summed E-state index contributed by atoms with van der Waals surface area (Å²) >= 11 is 6.19. The highest BCUT2D eigenvalue weighted by molar-refractivity contribution is 6.30. The lowest BCUT2D eigenvalue weighted by Crippen LogP contribution is -2.29. The predicted molar refractivity (Wildman–Crippen MR) is 88.7 cm³/mol. The van der Waals surface area contributed by atoms with Gasteiger partial charge in [0.15, 0.2) is 0 Å². The van der Waals surface area contributed by atoms with Crippen LogP contribution in [0.4, 0.5) is 5.69 Å². The number of halogens is 1. The van der Waals surface area contributed by atoms with E-state index in [2.05, 4.69) is 43.1 Å². The molecule has 0 radical (unpaired) electrons. The maximum Gasteiger partial charge on any atom is 0.0415 e. The third-order valence-corrected chi connectivity index (χ3v) is 3.91. The van der Waals surface area contributed by atoms with Gasteiger partial charge in [-0.15, -0.1) is 0 Å². The van der Waals surface area contributed by atoms with Gasteiger partial charge >= 0.3 is 0 Å². The number of anilines is 1. The standard InChI is InChI=1S/C17H27ClN2/c1-4-9-20(16-6-7-16)17-8-5-15(18)10-14(17)12-19-11-13(2)3/h5,8,10,13,16,19H,4,6-7,9,11-12H2,1-3H3. The highest BCUT2D eigenvalue weighted by Gasteiger charge is 2.29. The van der Waals surface area contributed by atoms with Crippen molar-refractivity contribution >= 4 is 17.3 Å². The van der Waals surface area contributed by atoms with Crippen molar-refractivity contribution in [2.45, 2.75) is 52.6 Å². The minimum absolute atomic E-state index is 0.674. The smallest absolute Gasteiger partial charge is 0.0415 e. The van der Waals surface area contributed by atoms with Crippen molar-refractivity contribution in [1.29, 1.82) is 0 Å². The van der Waals surface area contributed by atoms with E-state index in [1.807, 2.05) is 6.07 Å². The number of rotatable bonds is 8. The first-order valence-corrected chi connectivity index (χ1v) is 8.25. The van der Waals surface area contributed by atoms with E-state index in [9.17, 15) is 0 Å². The molecule has 0 heterocycles. The fourth-order valence-corrected chi connectivity index (χ4v) is 2.79. The Morgan fingerprint density at radius 1 is 1.35 bits per heavy atom. The molecule has 1 aliphatic carbocycles. The molecule has 1 fully saturated rings. The van der Waals surface area contributed by atoms with Crippen LogP contribution in [0.25, 0.3) is 0 Å². The highest BCUT2D eigenvalue weighted by atomic mass is 35.5. The summed E-state index contributed by atoms with van der Waals surface area (Å²) in [5.74, 6) is 0.674. The van der Waals surface area contributed by atoms with Crippen LogP contribution < -0.4 is 10.2 Å². The number of hydrogen-bond acceptors (Lipinski definition) is 2. The molecule has 1 aliphatic rings. The Balaban J connectivity index is 2.13. The molecule has 2 rings (SSSR count). The predicted octanol–water partition coefficient (Wildman–Crippen LogP) is 4.46. The summed E-state index contributed by atoms with van der Waals surface area (Å²) in [4.78, 5) is 2.57. The zero-order valence-corrected chi connectivity index (χ0v) is 13.7. The third-order valence-electron chi connectivity index (χ3n) is 3.67. The lowest BCUT2D eigenvalue weighted by atomic mass is 10.1. The molecule has 0 amide bonds. The lowest BCUT2D eigenvalue weighted by molar-refractivity contribution is 0.551. The third kappa shape index (κ3) is 4.39. The SMILES string of the molecule is CCCN(c1ccc(Cl)cc1CNCC(C)C)C1CC1. The van der Waals surface area contributed by atoms with Gasteiger partial charge in [0.2, 0.25) is 0 Å². The topological polar surface area (TPSA) is 15.3 Å². The van der Waals surface area contributed by atoms with Crippen molar-refractivity contribution in [3.05, 3.63) is 28.8 Å². The minimum Gasteiger partial charge on any atom is -0.368 e. The Kier molecular flexibility index (Phi) is 5.74. The molecule has 112 valence electrons. The molecular weight excluding hydrogens is 268 g/mol. The molecule has 2 nitrogen and oxygen atoms in total. The lowest BCUT2D eigenvalue weighted by Gasteiger charge is -2.27. The van der Waals surface area contributed by atoms with Crippen LogP contribution in [0, 0.1) is 5.92 Å². The summed E-state index contributed by atoms with van der Waals surface area (Å²) < 4.78 is 0.